The number of para-hydroxylation sites is 1. The third-order valence-electron chi connectivity index (χ3n) is 7.08. The number of amides is 1. The summed E-state index contributed by atoms with van der Waals surface area (Å²) in [5, 5.41) is 11.7. The number of carbonyl (C=O) groups excluding carboxylic acids is 2. The third kappa shape index (κ3) is 3.58. The van der Waals surface area contributed by atoms with Crippen molar-refractivity contribution >= 4 is 22.7 Å². The SMILES string of the molecule is COc1cccc2cc(C(=O)C3=C(O)C(=O)N(C4CCCC4)C3c3ccc(C(C)C)cc3)oc12. The molecule has 0 radical (unpaired) electrons. The summed E-state index contributed by atoms with van der Waals surface area (Å²) in [6.07, 6.45) is 3.79. The van der Waals surface area contributed by atoms with E-state index in [9.17, 15) is 14.7 Å². The standard InChI is InChI=1S/C28H29NO5/c1-16(2)17-11-13-18(14-12-17)24-23(26(31)28(32)29(24)20-8-4-5-9-20)25(30)22-15-19-7-6-10-21(33-3)27(19)34-22/h6-7,10-16,20,24,31H,4-5,8-9H2,1-3H3. The summed E-state index contributed by atoms with van der Waals surface area (Å²) < 4.78 is 11.3. The van der Waals surface area contributed by atoms with E-state index >= 15 is 0 Å². The van der Waals surface area contributed by atoms with Gasteiger partial charge in [-0.05, 0) is 42.0 Å². The van der Waals surface area contributed by atoms with Crippen molar-refractivity contribution in [1.82, 2.24) is 4.90 Å². The number of fused-ring (bicyclic) bond motifs is 1. The van der Waals surface area contributed by atoms with Crippen molar-refractivity contribution in [2.24, 2.45) is 0 Å². The van der Waals surface area contributed by atoms with Gasteiger partial charge < -0.3 is 19.2 Å². The van der Waals surface area contributed by atoms with Gasteiger partial charge in [0.05, 0.1) is 18.7 Å². The molecule has 2 aliphatic rings. The van der Waals surface area contributed by atoms with Gasteiger partial charge in [-0.15, -0.1) is 0 Å². The monoisotopic (exact) mass is 459 g/mol. The summed E-state index contributed by atoms with van der Waals surface area (Å²) in [5.41, 5.74) is 2.52. The highest BCUT2D eigenvalue weighted by molar-refractivity contribution is 6.16. The van der Waals surface area contributed by atoms with E-state index < -0.39 is 23.5 Å². The van der Waals surface area contributed by atoms with E-state index in [0.29, 0.717) is 17.3 Å². The number of carbonyl (C=O) groups is 2. The highest BCUT2D eigenvalue weighted by atomic mass is 16.5. The molecule has 34 heavy (non-hydrogen) atoms. The van der Waals surface area contributed by atoms with Gasteiger partial charge in [-0.2, -0.15) is 0 Å². The van der Waals surface area contributed by atoms with E-state index in [2.05, 4.69) is 13.8 Å². The van der Waals surface area contributed by atoms with Gasteiger partial charge >= 0.3 is 0 Å². The average molecular weight is 460 g/mol. The number of rotatable bonds is 6. The van der Waals surface area contributed by atoms with Crippen molar-refractivity contribution < 1.29 is 23.8 Å². The summed E-state index contributed by atoms with van der Waals surface area (Å²) in [4.78, 5) is 28.8. The summed E-state index contributed by atoms with van der Waals surface area (Å²) >= 11 is 0. The zero-order valence-electron chi connectivity index (χ0n) is 19.7. The maximum Gasteiger partial charge on any atom is 0.290 e. The molecule has 1 N–H and O–H groups in total. The normalized spacial score (nSPS) is 19.1. The molecule has 2 aromatic carbocycles. The number of methoxy groups -OCH3 is 1. The van der Waals surface area contributed by atoms with Gasteiger partial charge in [-0.25, -0.2) is 0 Å². The molecule has 1 saturated carbocycles. The number of hydrogen-bond acceptors (Lipinski definition) is 5. The Morgan fingerprint density at radius 3 is 2.47 bits per heavy atom. The van der Waals surface area contributed by atoms with E-state index in [1.54, 1.807) is 24.1 Å². The van der Waals surface area contributed by atoms with Crippen LogP contribution in [0.25, 0.3) is 11.0 Å². The van der Waals surface area contributed by atoms with E-state index in [-0.39, 0.29) is 17.4 Å². The van der Waals surface area contributed by atoms with Gasteiger partial charge in [0.1, 0.15) is 0 Å². The summed E-state index contributed by atoms with van der Waals surface area (Å²) in [6, 6.07) is 14.4. The zero-order valence-corrected chi connectivity index (χ0v) is 19.7. The number of nitrogens with zero attached hydrogens (tertiary/aromatic N) is 1. The molecule has 1 aliphatic carbocycles. The maximum absolute atomic E-state index is 13.8. The number of aliphatic hydroxyl groups excluding tert-OH is 1. The Kier molecular flexibility index (Phi) is 5.68. The van der Waals surface area contributed by atoms with Gasteiger partial charge in [-0.3, -0.25) is 9.59 Å². The van der Waals surface area contributed by atoms with Crippen molar-refractivity contribution in [2.45, 2.75) is 57.5 Å². The lowest BCUT2D eigenvalue weighted by atomic mass is 9.92. The molecule has 1 amide bonds. The minimum atomic E-state index is -0.653. The molecule has 1 fully saturated rings. The Morgan fingerprint density at radius 2 is 1.82 bits per heavy atom. The van der Waals surface area contributed by atoms with Gasteiger partial charge in [0.2, 0.25) is 5.78 Å². The lowest BCUT2D eigenvalue weighted by Gasteiger charge is -2.32. The second kappa shape index (κ2) is 8.67. The molecular formula is C28H29NO5. The predicted octanol–water partition coefficient (Wildman–Crippen LogP) is 6.09. The summed E-state index contributed by atoms with van der Waals surface area (Å²) in [5.74, 6) is -0.496. The van der Waals surface area contributed by atoms with Crippen LogP contribution in [0, 0.1) is 0 Å². The topological polar surface area (TPSA) is 80.0 Å². The van der Waals surface area contributed by atoms with Gasteiger partial charge in [0.15, 0.2) is 22.9 Å². The van der Waals surface area contributed by atoms with Crippen molar-refractivity contribution in [3.8, 4) is 5.75 Å². The lowest BCUT2D eigenvalue weighted by Crippen LogP contribution is -2.38. The van der Waals surface area contributed by atoms with Crippen molar-refractivity contribution in [3.63, 3.8) is 0 Å². The third-order valence-corrected chi connectivity index (χ3v) is 7.08. The van der Waals surface area contributed by atoms with Crippen molar-refractivity contribution in [3.05, 3.63) is 76.8 Å². The highest BCUT2D eigenvalue weighted by Crippen LogP contribution is 2.44. The van der Waals surface area contributed by atoms with Crippen LogP contribution in [0.5, 0.6) is 5.75 Å². The lowest BCUT2D eigenvalue weighted by molar-refractivity contribution is -0.131. The molecule has 1 atom stereocenters. The van der Waals surface area contributed by atoms with E-state index in [0.717, 1.165) is 36.6 Å². The fourth-order valence-electron chi connectivity index (χ4n) is 5.25. The molecule has 1 aromatic heterocycles. The van der Waals surface area contributed by atoms with Crippen LogP contribution in [0.3, 0.4) is 0 Å². The molecule has 0 spiro atoms. The van der Waals surface area contributed by atoms with Crippen LogP contribution >= 0.6 is 0 Å². The fourth-order valence-corrected chi connectivity index (χ4v) is 5.25. The first-order chi connectivity index (χ1) is 16.4. The molecule has 0 bridgehead atoms. The molecule has 1 aliphatic heterocycles. The molecule has 3 aromatic rings. The Morgan fingerprint density at radius 1 is 1.12 bits per heavy atom. The molecular weight excluding hydrogens is 430 g/mol. The van der Waals surface area contributed by atoms with E-state index in [4.69, 9.17) is 9.15 Å². The number of ether oxygens (including phenoxy) is 1. The Balaban J connectivity index is 1.61. The number of benzene rings is 2. The summed E-state index contributed by atoms with van der Waals surface area (Å²) in [6.45, 7) is 4.24. The smallest absolute Gasteiger partial charge is 0.290 e. The molecule has 1 unspecified atom stereocenters. The van der Waals surface area contributed by atoms with Crippen molar-refractivity contribution in [2.75, 3.05) is 7.11 Å². The Labute approximate surface area is 198 Å². The van der Waals surface area contributed by atoms with E-state index in [1.807, 2.05) is 36.4 Å². The second-order valence-corrected chi connectivity index (χ2v) is 9.46. The number of furan rings is 1. The number of aliphatic hydroxyl groups is 1. The first kappa shape index (κ1) is 22.3. The molecule has 2 heterocycles. The van der Waals surface area contributed by atoms with Crippen LogP contribution in [-0.4, -0.2) is 34.8 Å². The molecule has 6 nitrogen and oxygen atoms in total. The Hall–Kier alpha value is -3.54. The largest absolute Gasteiger partial charge is 0.503 e. The van der Waals surface area contributed by atoms with Crippen LogP contribution in [0.4, 0.5) is 0 Å². The van der Waals surface area contributed by atoms with Crippen LogP contribution in [0.2, 0.25) is 0 Å². The number of hydrogen-bond donors (Lipinski definition) is 1. The van der Waals surface area contributed by atoms with Crippen LogP contribution < -0.4 is 4.74 Å². The molecule has 5 rings (SSSR count). The van der Waals surface area contributed by atoms with Crippen LogP contribution in [0.1, 0.15) is 73.2 Å². The van der Waals surface area contributed by atoms with E-state index in [1.165, 1.54) is 5.56 Å². The number of Topliss-reactive ketones (excluding diaryl/α,β-unsaturated/α-hetero) is 1. The van der Waals surface area contributed by atoms with Crippen molar-refractivity contribution in [1.29, 1.82) is 0 Å². The summed E-state index contributed by atoms with van der Waals surface area (Å²) in [7, 11) is 1.54. The molecule has 6 heteroatoms. The van der Waals surface area contributed by atoms with Gasteiger partial charge in [0.25, 0.3) is 5.91 Å². The molecule has 0 saturated heterocycles. The minimum absolute atomic E-state index is 0.00880. The minimum Gasteiger partial charge on any atom is -0.503 e. The fraction of sp³-hybridized carbons (Fsp3) is 0.357. The number of ketones is 1. The first-order valence-electron chi connectivity index (χ1n) is 11.9. The van der Waals surface area contributed by atoms with Gasteiger partial charge in [-0.1, -0.05) is 63.1 Å². The zero-order chi connectivity index (χ0) is 24.0. The predicted molar refractivity (Wildman–Crippen MR) is 129 cm³/mol. The highest BCUT2D eigenvalue weighted by Gasteiger charge is 2.47. The average Bonchev–Trinajstić information content (AvgIpc) is 3.57. The quantitative estimate of drug-likeness (QED) is 0.452. The van der Waals surface area contributed by atoms with Gasteiger partial charge in [0, 0.05) is 11.4 Å². The molecule has 176 valence electrons. The maximum atomic E-state index is 13.8. The second-order valence-electron chi connectivity index (χ2n) is 9.46. The Bertz CT molecular complexity index is 1280. The first-order valence-corrected chi connectivity index (χ1v) is 11.9. The van der Waals surface area contributed by atoms with Crippen LogP contribution in [-0.2, 0) is 4.79 Å². The van der Waals surface area contributed by atoms with Crippen LogP contribution in [0.15, 0.2) is 64.3 Å².